The van der Waals surface area contributed by atoms with Crippen molar-refractivity contribution in [3.8, 4) is 6.07 Å². The average Bonchev–Trinajstić information content (AvgIpc) is 2.78. The zero-order valence-electron chi connectivity index (χ0n) is 9.58. The molecule has 0 radical (unpaired) electrons. The first-order chi connectivity index (χ1) is 8.60. The SMILES string of the molecule is CC(Nc1ccc(Cl)c(C#N)c1)c1ccc(Br)o1. The molecule has 1 aromatic carbocycles. The van der Waals surface area contributed by atoms with E-state index in [-0.39, 0.29) is 6.04 Å². The number of benzene rings is 1. The highest BCUT2D eigenvalue weighted by Crippen LogP contribution is 2.25. The first-order valence-electron chi connectivity index (χ1n) is 5.31. The topological polar surface area (TPSA) is 49.0 Å². The van der Waals surface area contributed by atoms with Crippen LogP contribution in [0.25, 0.3) is 0 Å². The van der Waals surface area contributed by atoms with Gasteiger partial charge in [0.05, 0.1) is 16.6 Å². The molecule has 3 nitrogen and oxygen atoms in total. The van der Waals surface area contributed by atoms with E-state index < -0.39 is 0 Å². The van der Waals surface area contributed by atoms with Crippen molar-refractivity contribution in [2.24, 2.45) is 0 Å². The molecule has 1 heterocycles. The lowest BCUT2D eigenvalue weighted by atomic mass is 10.2. The monoisotopic (exact) mass is 324 g/mol. The van der Waals surface area contributed by atoms with Crippen molar-refractivity contribution in [2.75, 3.05) is 5.32 Å². The Balaban J connectivity index is 2.17. The molecule has 1 unspecified atom stereocenters. The summed E-state index contributed by atoms with van der Waals surface area (Å²) in [5, 5.41) is 12.6. The van der Waals surface area contributed by atoms with E-state index in [1.165, 1.54) is 0 Å². The van der Waals surface area contributed by atoms with Crippen LogP contribution in [0.3, 0.4) is 0 Å². The molecule has 0 aliphatic carbocycles. The number of rotatable bonds is 3. The van der Waals surface area contributed by atoms with Crippen LogP contribution >= 0.6 is 27.5 Å². The van der Waals surface area contributed by atoms with Crippen LogP contribution in [-0.2, 0) is 0 Å². The van der Waals surface area contributed by atoms with Gasteiger partial charge in [-0.05, 0) is 53.2 Å². The third kappa shape index (κ3) is 2.87. The maximum atomic E-state index is 8.91. The van der Waals surface area contributed by atoms with Crippen LogP contribution in [0.5, 0.6) is 0 Å². The molecule has 1 atom stereocenters. The minimum absolute atomic E-state index is 0.00372. The number of nitriles is 1. The number of hydrogen-bond acceptors (Lipinski definition) is 3. The number of anilines is 1. The smallest absolute Gasteiger partial charge is 0.169 e. The summed E-state index contributed by atoms with van der Waals surface area (Å²) in [7, 11) is 0. The van der Waals surface area contributed by atoms with Crippen LogP contribution in [0.4, 0.5) is 5.69 Å². The molecule has 0 spiro atoms. The summed E-state index contributed by atoms with van der Waals surface area (Å²) in [5.41, 5.74) is 1.28. The van der Waals surface area contributed by atoms with Crippen molar-refractivity contribution < 1.29 is 4.42 Å². The Labute approximate surface area is 118 Å². The number of furan rings is 1. The molecule has 0 saturated heterocycles. The van der Waals surface area contributed by atoms with E-state index in [1.54, 1.807) is 12.1 Å². The molecule has 18 heavy (non-hydrogen) atoms. The van der Waals surface area contributed by atoms with Gasteiger partial charge in [0.2, 0.25) is 0 Å². The standard InChI is InChI=1S/C13H10BrClN2O/c1-8(12-4-5-13(14)18-12)17-10-2-3-11(15)9(6-10)7-16/h2-6,8,17H,1H3. The third-order valence-corrected chi connectivity index (χ3v) is 3.25. The van der Waals surface area contributed by atoms with Gasteiger partial charge < -0.3 is 9.73 Å². The van der Waals surface area contributed by atoms with E-state index in [9.17, 15) is 0 Å². The van der Waals surface area contributed by atoms with Crippen molar-refractivity contribution in [1.82, 2.24) is 0 Å². The maximum Gasteiger partial charge on any atom is 0.169 e. The summed E-state index contributed by atoms with van der Waals surface area (Å²) in [6, 6.07) is 11.0. The van der Waals surface area contributed by atoms with Gasteiger partial charge in [-0.15, -0.1) is 0 Å². The Kier molecular flexibility index (Phi) is 3.95. The molecule has 5 heteroatoms. The lowest BCUT2D eigenvalue weighted by molar-refractivity contribution is 0.471. The summed E-state index contributed by atoms with van der Waals surface area (Å²) in [5.74, 6) is 0.815. The Morgan fingerprint density at radius 3 is 2.78 bits per heavy atom. The number of nitrogens with one attached hydrogen (secondary N) is 1. The molecule has 0 bridgehead atoms. The Bertz CT molecular complexity index is 603. The normalized spacial score (nSPS) is 11.9. The van der Waals surface area contributed by atoms with Gasteiger partial charge in [-0.25, -0.2) is 0 Å². The van der Waals surface area contributed by atoms with Crippen molar-refractivity contribution in [2.45, 2.75) is 13.0 Å². The zero-order chi connectivity index (χ0) is 13.1. The van der Waals surface area contributed by atoms with E-state index in [2.05, 4.69) is 21.2 Å². The quantitative estimate of drug-likeness (QED) is 0.886. The number of nitrogens with zero attached hydrogens (tertiary/aromatic N) is 1. The third-order valence-electron chi connectivity index (χ3n) is 2.49. The fraction of sp³-hybridized carbons (Fsp3) is 0.154. The van der Waals surface area contributed by atoms with Crippen LogP contribution in [0.2, 0.25) is 5.02 Å². The van der Waals surface area contributed by atoms with E-state index in [0.717, 1.165) is 11.4 Å². The second-order valence-electron chi connectivity index (χ2n) is 3.81. The van der Waals surface area contributed by atoms with Gasteiger partial charge in [-0.1, -0.05) is 11.6 Å². The summed E-state index contributed by atoms with van der Waals surface area (Å²) < 4.78 is 6.16. The number of halogens is 2. The van der Waals surface area contributed by atoms with Gasteiger partial charge in [0, 0.05) is 5.69 Å². The van der Waals surface area contributed by atoms with Crippen molar-refractivity contribution >= 4 is 33.2 Å². The Hall–Kier alpha value is -1.44. The highest BCUT2D eigenvalue weighted by atomic mass is 79.9. The predicted octanol–water partition coefficient (Wildman–Crippen LogP) is 4.74. The second-order valence-corrected chi connectivity index (χ2v) is 5.00. The number of hydrogen-bond donors (Lipinski definition) is 1. The van der Waals surface area contributed by atoms with Gasteiger partial charge in [0.15, 0.2) is 4.67 Å². The van der Waals surface area contributed by atoms with Crippen molar-refractivity contribution in [1.29, 1.82) is 5.26 Å². The predicted molar refractivity (Wildman–Crippen MR) is 74.6 cm³/mol. The Morgan fingerprint density at radius 1 is 1.39 bits per heavy atom. The minimum atomic E-state index is 0.00372. The minimum Gasteiger partial charge on any atom is -0.452 e. The largest absolute Gasteiger partial charge is 0.452 e. The first-order valence-corrected chi connectivity index (χ1v) is 6.48. The molecular weight excluding hydrogens is 316 g/mol. The highest BCUT2D eigenvalue weighted by molar-refractivity contribution is 9.10. The van der Waals surface area contributed by atoms with Gasteiger partial charge >= 0.3 is 0 Å². The lowest BCUT2D eigenvalue weighted by Gasteiger charge is -2.13. The van der Waals surface area contributed by atoms with E-state index >= 15 is 0 Å². The maximum absolute atomic E-state index is 8.91. The molecule has 0 saturated carbocycles. The van der Waals surface area contributed by atoms with Crippen LogP contribution in [0.1, 0.15) is 24.3 Å². The van der Waals surface area contributed by atoms with Gasteiger partial charge in [-0.3, -0.25) is 0 Å². The van der Waals surface area contributed by atoms with E-state index in [0.29, 0.717) is 15.3 Å². The van der Waals surface area contributed by atoms with Gasteiger partial charge in [0.1, 0.15) is 11.8 Å². The zero-order valence-corrected chi connectivity index (χ0v) is 11.9. The fourth-order valence-electron chi connectivity index (χ4n) is 1.58. The van der Waals surface area contributed by atoms with Crippen molar-refractivity contribution in [3.63, 3.8) is 0 Å². The van der Waals surface area contributed by atoms with E-state index in [4.69, 9.17) is 21.3 Å². The summed E-state index contributed by atoms with van der Waals surface area (Å²) in [4.78, 5) is 0. The summed E-state index contributed by atoms with van der Waals surface area (Å²) in [6.45, 7) is 1.98. The molecule has 2 aromatic rings. The molecule has 0 aliphatic rings. The van der Waals surface area contributed by atoms with Gasteiger partial charge in [0.25, 0.3) is 0 Å². The molecule has 0 aliphatic heterocycles. The van der Waals surface area contributed by atoms with E-state index in [1.807, 2.05) is 31.2 Å². The summed E-state index contributed by atoms with van der Waals surface area (Å²) in [6.07, 6.45) is 0. The molecule has 0 amide bonds. The molecule has 1 N–H and O–H groups in total. The molecule has 2 rings (SSSR count). The van der Waals surface area contributed by atoms with Crippen LogP contribution in [-0.4, -0.2) is 0 Å². The van der Waals surface area contributed by atoms with Crippen LogP contribution in [0.15, 0.2) is 39.4 Å². The molecular formula is C13H10BrClN2O. The molecule has 1 aromatic heterocycles. The van der Waals surface area contributed by atoms with Crippen LogP contribution < -0.4 is 5.32 Å². The lowest BCUT2D eigenvalue weighted by Crippen LogP contribution is -2.05. The average molecular weight is 326 g/mol. The molecule has 0 fully saturated rings. The fourth-order valence-corrected chi connectivity index (χ4v) is 2.06. The summed E-state index contributed by atoms with van der Waals surface area (Å²) >= 11 is 9.14. The molecule has 92 valence electrons. The first kappa shape index (κ1) is 13.0. The van der Waals surface area contributed by atoms with Crippen LogP contribution in [0, 0.1) is 11.3 Å². The Morgan fingerprint density at radius 2 is 2.17 bits per heavy atom. The second kappa shape index (κ2) is 5.47. The highest BCUT2D eigenvalue weighted by Gasteiger charge is 2.10. The van der Waals surface area contributed by atoms with Crippen molar-refractivity contribution in [3.05, 3.63) is 51.3 Å². The van der Waals surface area contributed by atoms with Gasteiger partial charge in [-0.2, -0.15) is 5.26 Å².